The Kier molecular flexibility index (Phi) is 5.20. The highest BCUT2D eigenvalue weighted by molar-refractivity contribution is 5.91. The summed E-state index contributed by atoms with van der Waals surface area (Å²) in [6.07, 6.45) is 2.22. The van der Waals surface area contributed by atoms with Crippen LogP contribution in [0.1, 0.15) is 13.3 Å². The van der Waals surface area contributed by atoms with Crippen molar-refractivity contribution in [3.63, 3.8) is 0 Å². The van der Waals surface area contributed by atoms with E-state index in [1.54, 1.807) is 13.1 Å². The quantitative estimate of drug-likeness (QED) is 0.367. The van der Waals surface area contributed by atoms with Gasteiger partial charge in [-0.25, -0.2) is 0 Å². The van der Waals surface area contributed by atoms with Crippen LogP contribution in [0.3, 0.4) is 0 Å². The molecule has 0 aliphatic rings. The van der Waals surface area contributed by atoms with Crippen LogP contribution >= 0.6 is 0 Å². The molecule has 0 aliphatic heterocycles. The number of primary amides is 1. The first kappa shape index (κ1) is 9.97. The molecule has 0 fully saturated rings. The third kappa shape index (κ3) is 5.42. The zero-order valence-corrected chi connectivity index (χ0v) is 6.63. The van der Waals surface area contributed by atoms with Gasteiger partial charge in [0.1, 0.15) is 0 Å². The number of amides is 1. The number of nitrogens with two attached hydrogens (primary N) is 1. The van der Waals surface area contributed by atoms with E-state index < -0.39 is 5.91 Å². The summed E-state index contributed by atoms with van der Waals surface area (Å²) in [4.78, 5) is 10.4. The second-order valence-electron chi connectivity index (χ2n) is 2.22. The number of aliphatic hydroxyl groups excluding tert-OH is 1. The van der Waals surface area contributed by atoms with Crippen molar-refractivity contribution in [2.24, 2.45) is 5.73 Å². The molecule has 4 N–H and O–H groups in total. The van der Waals surface area contributed by atoms with Crippen LogP contribution in [-0.4, -0.2) is 24.2 Å². The first-order valence-corrected chi connectivity index (χ1v) is 3.49. The molecule has 0 unspecified atom stereocenters. The largest absolute Gasteiger partial charge is 0.396 e. The molecule has 4 nitrogen and oxygen atoms in total. The van der Waals surface area contributed by atoms with Gasteiger partial charge in [0, 0.05) is 24.9 Å². The summed E-state index contributed by atoms with van der Waals surface area (Å²) in [5.74, 6) is -0.429. The summed E-state index contributed by atoms with van der Waals surface area (Å²) in [5.41, 5.74) is 5.44. The van der Waals surface area contributed by atoms with Crippen molar-refractivity contribution < 1.29 is 9.90 Å². The SMILES string of the molecule is C/C(=C/NCCCO)C(N)=O. The molecule has 0 saturated heterocycles. The van der Waals surface area contributed by atoms with E-state index in [0.29, 0.717) is 18.5 Å². The first-order chi connectivity index (χ1) is 5.18. The minimum absolute atomic E-state index is 0.149. The van der Waals surface area contributed by atoms with Crippen molar-refractivity contribution in [3.05, 3.63) is 11.8 Å². The molecule has 0 heterocycles. The maximum absolute atomic E-state index is 10.4. The molecule has 64 valence electrons. The molecular formula is C7H14N2O2. The van der Waals surface area contributed by atoms with Gasteiger partial charge in [0.2, 0.25) is 5.91 Å². The Hall–Kier alpha value is -1.03. The van der Waals surface area contributed by atoms with Gasteiger partial charge in [0.15, 0.2) is 0 Å². The molecule has 0 radical (unpaired) electrons. The molecule has 1 amide bonds. The Morgan fingerprint density at radius 3 is 2.82 bits per heavy atom. The van der Waals surface area contributed by atoms with Gasteiger partial charge in [-0.1, -0.05) is 0 Å². The maximum Gasteiger partial charge on any atom is 0.245 e. The van der Waals surface area contributed by atoms with Crippen LogP contribution in [0.2, 0.25) is 0 Å². The second-order valence-corrected chi connectivity index (χ2v) is 2.22. The average Bonchev–Trinajstić information content (AvgIpc) is 1.97. The molecule has 0 atom stereocenters. The van der Waals surface area contributed by atoms with E-state index in [0.717, 1.165) is 0 Å². The molecule has 11 heavy (non-hydrogen) atoms. The molecular weight excluding hydrogens is 144 g/mol. The molecule has 0 spiro atoms. The number of carbonyl (C=O) groups excluding carboxylic acids is 1. The summed E-state index contributed by atoms with van der Waals surface area (Å²) in [7, 11) is 0. The molecule has 0 aromatic rings. The van der Waals surface area contributed by atoms with Crippen molar-refractivity contribution in [3.8, 4) is 0 Å². The molecule has 0 saturated carbocycles. The van der Waals surface area contributed by atoms with E-state index in [9.17, 15) is 4.79 Å². The smallest absolute Gasteiger partial charge is 0.245 e. The van der Waals surface area contributed by atoms with E-state index in [1.807, 2.05) is 0 Å². The zero-order valence-electron chi connectivity index (χ0n) is 6.63. The number of rotatable bonds is 5. The zero-order chi connectivity index (χ0) is 8.69. The lowest BCUT2D eigenvalue weighted by Crippen LogP contribution is -2.16. The van der Waals surface area contributed by atoms with Crippen LogP contribution in [0.5, 0.6) is 0 Å². The lowest BCUT2D eigenvalue weighted by atomic mass is 10.3. The molecule has 0 aromatic carbocycles. The summed E-state index contributed by atoms with van der Waals surface area (Å²) >= 11 is 0. The van der Waals surface area contributed by atoms with Gasteiger partial charge in [-0.3, -0.25) is 4.79 Å². The maximum atomic E-state index is 10.4. The first-order valence-electron chi connectivity index (χ1n) is 3.49. The summed E-state index contributed by atoms with van der Waals surface area (Å²) < 4.78 is 0. The normalized spacial score (nSPS) is 11.3. The molecule has 0 aliphatic carbocycles. The van der Waals surface area contributed by atoms with Crippen LogP contribution < -0.4 is 11.1 Å². The van der Waals surface area contributed by atoms with Gasteiger partial charge in [-0.15, -0.1) is 0 Å². The highest BCUT2D eigenvalue weighted by Gasteiger charge is 1.93. The Morgan fingerprint density at radius 2 is 2.36 bits per heavy atom. The van der Waals surface area contributed by atoms with Crippen molar-refractivity contribution >= 4 is 5.91 Å². The predicted molar refractivity (Wildman–Crippen MR) is 42.7 cm³/mol. The van der Waals surface area contributed by atoms with E-state index in [4.69, 9.17) is 10.8 Å². The third-order valence-corrected chi connectivity index (χ3v) is 1.19. The number of hydrogen-bond acceptors (Lipinski definition) is 3. The monoisotopic (exact) mass is 158 g/mol. The van der Waals surface area contributed by atoms with E-state index in [1.165, 1.54) is 0 Å². The molecule has 0 rings (SSSR count). The minimum Gasteiger partial charge on any atom is -0.396 e. The van der Waals surface area contributed by atoms with Gasteiger partial charge in [0.05, 0.1) is 0 Å². The fraction of sp³-hybridized carbons (Fsp3) is 0.571. The number of nitrogens with one attached hydrogen (secondary N) is 1. The summed E-state index contributed by atoms with van der Waals surface area (Å²) in [6, 6.07) is 0. The van der Waals surface area contributed by atoms with Gasteiger partial charge < -0.3 is 16.2 Å². The van der Waals surface area contributed by atoms with Crippen LogP contribution in [-0.2, 0) is 4.79 Å². The Balaban J connectivity index is 3.48. The molecule has 0 aromatic heterocycles. The highest BCUT2D eigenvalue weighted by Crippen LogP contribution is 1.86. The number of carbonyl (C=O) groups is 1. The van der Waals surface area contributed by atoms with Crippen LogP contribution in [0.25, 0.3) is 0 Å². The average molecular weight is 158 g/mol. The van der Waals surface area contributed by atoms with Gasteiger partial charge >= 0.3 is 0 Å². The standard InChI is InChI=1S/C7H14N2O2/c1-6(7(8)11)5-9-3-2-4-10/h5,9-10H,2-4H2,1H3,(H2,8,11)/b6-5-. The van der Waals surface area contributed by atoms with E-state index in [-0.39, 0.29) is 6.61 Å². The Labute approximate surface area is 66.1 Å². The van der Waals surface area contributed by atoms with Crippen molar-refractivity contribution in [2.75, 3.05) is 13.2 Å². The summed E-state index contributed by atoms with van der Waals surface area (Å²) in [6.45, 7) is 2.44. The highest BCUT2D eigenvalue weighted by atomic mass is 16.3. The predicted octanol–water partition coefficient (Wildman–Crippen LogP) is -0.653. The van der Waals surface area contributed by atoms with Crippen LogP contribution in [0, 0.1) is 0 Å². The van der Waals surface area contributed by atoms with E-state index >= 15 is 0 Å². The minimum atomic E-state index is -0.429. The van der Waals surface area contributed by atoms with Crippen molar-refractivity contribution in [2.45, 2.75) is 13.3 Å². The van der Waals surface area contributed by atoms with E-state index in [2.05, 4.69) is 5.32 Å². The lowest BCUT2D eigenvalue weighted by molar-refractivity contribution is -0.114. The van der Waals surface area contributed by atoms with Gasteiger partial charge in [0.25, 0.3) is 0 Å². The molecule has 4 heteroatoms. The van der Waals surface area contributed by atoms with Crippen LogP contribution in [0.15, 0.2) is 11.8 Å². The number of aliphatic hydroxyl groups is 1. The lowest BCUT2D eigenvalue weighted by Gasteiger charge is -1.98. The Morgan fingerprint density at radius 1 is 1.73 bits per heavy atom. The second kappa shape index (κ2) is 5.73. The van der Waals surface area contributed by atoms with Gasteiger partial charge in [-0.2, -0.15) is 0 Å². The third-order valence-electron chi connectivity index (χ3n) is 1.19. The van der Waals surface area contributed by atoms with Crippen LogP contribution in [0.4, 0.5) is 0 Å². The summed E-state index contributed by atoms with van der Waals surface area (Å²) in [5, 5.41) is 11.2. The fourth-order valence-electron chi connectivity index (χ4n) is 0.478. The van der Waals surface area contributed by atoms with Crippen molar-refractivity contribution in [1.29, 1.82) is 0 Å². The topological polar surface area (TPSA) is 75.3 Å². The number of hydrogen-bond donors (Lipinski definition) is 3. The Bertz CT molecular complexity index is 155. The fourth-order valence-corrected chi connectivity index (χ4v) is 0.478. The van der Waals surface area contributed by atoms with Crippen molar-refractivity contribution in [1.82, 2.24) is 5.32 Å². The molecule has 0 bridgehead atoms. The van der Waals surface area contributed by atoms with Gasteiger partial charge in [-0.05, 0) is 13.3 Å².